The van der Waals surface area contributed by atoms with Gasteiger partial charge in [0.25, 0.3) is 10.1 Å². The van der Waals surface area contributed by atoms with Crippen molar-refractivity contribution in [2.75, 3.05) is 19.0 Å². The Balaban J connectivity index is 2.30. The fourth-order valence-corrected chi connectivity index (χ4v) is 9.96. The summed E-state index contributed by atoms with van der Waals surface area (Å²) in [7, 11) is -4.60. The molecule has 1 saturated heterocycles. The second kappa shape index (κ2) is 45.5. The molecule has 0 spiro atoms. The van der Waals surface area contributed by atoms with E-state index in [9.17, 15) is 37.9 Å². The van der Waals surface area contributed by atoms with Crippen LogP contribution in [0.4, 0.5) is 0 Å². The van der Waals surface area contributed by atoms with Gasteiger partial charge in [-0.1, -0.05) is 258 Å². The third-order valence-electron chi connectivity index (χ3n) is 13.7. The lowest BCUT2D eigenvalue weighted by Crippen LogP contribution is -2.60. The Kier molecular flexibility index (Phi) is 43.3. The highest BCUT2D eigenvalue weighted by molar-refractivity contribution is 7.85. The summed E-state index contributed by atoms with van der Waals surface area (Å²) in [6.07, 6.45) is 41.4. The van der Waals surface area contributed by atoms with Gasteiger partial charge in [0.1, 0.15) is 36.8 Å². The lowest BCUT2D eigenvalue weighted by molar-refractivity contribution is -0.297. The van der Waals surface area contributed by atoms with Gasteiger partial charge in [-0.15, -0.1) is 0 Å². The summed E-state index contributed by atoms with van der Waals surface area (Å²) >= 11 is 0. The van der Waals surface area contributed by atoms with Gasteiger partial charge in [-0.3, -0.25) is 14.1 Å². The highest BCUT2D eigenvalue weighted by Crippen LogP contribution is 2.24. The SMILES string of the molecule is CCCCCCCCCCCCCCCCCCCCCCCC(=O)OC[C@H](CO[C@H]1O[C@H](CS(=O)(=O)O)[C@@H](O)C(O)C1O)OC(=O)CCCCCCCCCCCCCCCCCCCCC. The number of aliphatic hydroxyl groups excluding tert-OH is 3. The van der Waals surface area contributed by atoms with Crippen LogP contribution in [-0.4, -0.2) is 96.0 Å². The van der Waals surface area contributed by atoms with Crippen LogP contribution in [0.1, 0.15) is 284 Å². The molecule has 1 rings (SSSR count). The Morgan fingerprint density at radius 1 is 0.441 bits per heavy atom. The standard InChI is InChI=1S/C55H106O12S/c1-3-5-7-9-11-13-15-17-19-21-23-24-26-27-29-31-33-35-37-39-41-43-50(56)64-45-48(46-65-55-54(60)53(59)52(58)49(67-55)47-68(61,62)63)66-51(57)44-42-40-38-36-34-32-30-28-25-22-20-18-16-14-12-10-8-6-4-2/h48-49,52-55,58-60H,3-47H2,1-2H3,(H,61,62,63)/t48-,49-,52-,53?,54?,55+/m1/s1. The van der Waals surface area contributed by atoms with Crippen molar-refractivity contribution in [3.05, 3.63) is 0 Å². The zero-order valence-electron chi connectivity index (χ0n) is 43.7. The normalized spacial score (nSPS) is 19.1. The van der Waals surface area contributed by atoms with Gasteiger partial charge in [-0.25, -0.2) is 0 Å². The summed E-state index contributed by atoms with van der Waals surface area (Å²) in [5.41, 5.74) is 0. The predicted molar refractivity (Wildman–Crippen MR) is 275 cm³/mol. The Hall–Kier alpha value is -1.35. The molecule has 13 heteroatoms. The predicted octanol–water partition coefficient (Wildman–Crippen LogP) is 13.6. The maximum absolute atomic E-state index is 12.9. The van der Waals surface area contributed by atoms with Crippen molar-refractivity contribution < 1.29 is 56.8 Å². The largest absolute Gasteiger partial charge is 0.462 e. The molecule has 404 valence electrons. The summed E-state index contributed by atoms with van der Waals surface area (Å²) in [4.78, 5) is 25.6. The smallest absolute Gasteiger partial charge is 0.306 e. The quantitative estimate of drug-likeness (QED) is 0.0257. The molecular formula is C55H106O12S. The molecule has 0 bridgehead atoms. The lowest BCUT2D eigenvalue weighted by Gasteiger charge is -2.40. The highest BCUT2D eigenvalue weighted by Gasteiger charge is 2.46. The number of esters is 2. The Morgan fingerprint density at radius 2 is 0.750 bits per heavy atom. The zero-order valence-corrected chi connectivity index (χ0v) is 44.6. The molecular weight excluding hydrogens is 885 g/mol. The minimum Gasteiger partial charge on any atom is -0.462 e. The Morgan fingerprint density at radius 3 is 1.07 bits per heavy atom. The van der Waals surface area contributed by atoms with Gasteiger partial charge in [-0.05, 0) is 12.8 Å². The van der Waals surface area contributed by atoms with Gasteiger partial charge < -0.3 is 34.3 Å². The molecule has 0 aromatic rings. The van der Waals surface area contributed by atoms with E-state index in [1.54, 1.807) is 0 Å². The molecule has 1 aliphatic rings. The molecule has 12 nitrogen and oxygen atoms in total. The summed E-state index contributed by atoms with van der Waals surface area (Å²) in [5, 5.41) is 31.0. The number of hydrogen-bond acceptors (Lipinski definition) is 11. The van der Waals surface area contributed by atoms with E-state index in [0.29, 0.717) is 12.8 Å². The fourth-order valence-electron chi connectivity index (χ4n) is 9.27. The summed E-state index contributed by atoms with van der Waals surface area (Å²) in [6, 6.07) is 0. The molecule has 2 unspecified atom stereocenters. The van der Waals surface area contributed by atoms with E-state index in [4.69, 9.17) is 18.9 Å². The minimum absolute atomic E-state index is 0.173. The van der Waals surface area contributed by atoms with Crippen LogP contribution in [0.15, 0.2) is 0 Å². The minimum atomic E-state index is -4.60. The number of hydrogen-bond donors (Lipinski definition) is 4. The van der Waals surface area contributed by atoms with Crippen LogP contribution < -0.4 is 0 Å². The van der Waals surface area contributed by atoms with E-state index >= 15 is 0 Å². The average molecular weight is 992 g/mol. The molecule has 4 N–H and O–H groups in total. The van der Waals surface area contributed by atoms with Crippen LogP contribution in [-0.2, 0) is 38.7 Å². The molecule has 1 aliphatic heterocycles. The van der Waals surface area contributed by atoms with E-state index < -0.39 is 71.2 Å². The number of carbonyl (C=O) groups excluding carboxylic acids is 2. The van der Waals surface area contributed by atoms with Gasteiger partial charge in [0.05, 0.1) is 6.61 Å². The number of ether oxygens (including phenoxy) is 4. The van der Waals surface area contributed by atoms with Crippen LogP contribution in [0.5, 0.6) is 0 Å². The molecule has 1 fully saturated rings. The first-order valence-electron chi connectivity index (χ1n) is 28.6. The van der Waals surface area contributed by atoms with Crippen LogP contribution in [0.25, 0.3) is 0 Å². The van der Waals surface area contributed by atoms with Crippen molar-refractivity contribution in [1.82, 2.24) is 0 Å². The first kappa shape index (κ1) is 64.7. The van der Waals surface area contributed by atoms with E-state index in [2.05, 4.69) is 13.8 Å². The summed E-state index contributed by atoms with van der Waals surface area (Å²) in [6.45, 7) is 3.84. The summed E-state index contributed by atoms with van der Waals surface area (Å²) in [5.74, 6) is -1.95. The van der Waals surface area contributed by atoms with Gasteiger partial charge in [0.15, 0.2) is 12.4 Å². The number of carbonyl (C=O) groups is 2. The molecule has 1 heterocycles. The van der Waals surface area contributed by atoms with Crippen molar-refractivity contribution in [3.8, 4) is 0 Å². The number of rotatable bonds is 50. The second-order valence-electron chi connectivity index (χ2n) is 20.3. The van der Waals surface area contributed by atoms with E-state index in [0.717, 1.165) is 38.5 Å². The monoisotopic (exact) mass is 991 g/mol. The average Bonchev–Trinajstić information content (AvgIpc) is 3.31. The van der Waals surface area contributed by atoms with Gasteiger partial charge in [0.2, 0.25) is 0 Å². The van der Waals surface area contributed by atoms with Crippen LogP contribution in [0.2, 0.25) is 0 Å². The van der Waals surface area contributed by atoms with Gasteiger partial charge >= 0.3 is 11.9 Å². The Labute approximate surface area is 416 Å². The molecule has 68 heavy (non-hydrogen) atoms. The molecule has 0 aromatic heterocycles. The fraction of sp³-hybridized carbons (Fsp3) is 0.964. The van der Waals surface area contributed by atoms with Crippen molar-refractivity contribution in [2.24, 2.45) is 0 Å². The topological polar surface area (TPSA) is 186 Å². The molecule has 0 amide bonds. The van der Waals surface area contributed by atoms with E-state index in [1.165, 1.54) is 205 Å². The van der Waals surface area contributed by atoms with Crippen LogP contribution in [0.3, 0.4) is 0 Å². The van der Waals surface area contributed by atoms with E-state index in [1.807, 2.05) is 0 Å². The highest BCUT2D eigenvalue weighted by atomic mass is 32.2. The first-order chi connectivity index (χ1) is 33.0. The lowest BCUT2D eigenvalue weighted by atomic mass is 10.00. The number of aliphatic hydroxyl groups is 3. The molecule has 0 aliphatic carbocycles. The third-order valence-corrected chi connectivity index (χ3v) is 14.4. The Bertz CT molecular complexity index is 1250. The zero-order chi connectivity index (χ0) is 49.8. The maximum atomic E-state index is 12.9. The van der Waals surface area contributed by atoms with Crippen molar-refractivity contribution >= 4 is 22.1 Å². The second-order valence-corrected chi connectivity index (χ2v) is 21.8. The van der Waals surface area contributed by atoms with Crippen molar-refractivity contribution in [2.45, 2.75) is 320 Å². The van der Waals surface area contributed by atoms with Gasteiger partial charge in [-0.2, -0.15) is 8.42 Å². The summed E-state index contributed by atoms with van der Waals surface area (Å²) < 4.78 is 54.4. The molecule has 0 saturated carbocycles. The van der Waals surface area contributed by atoms with E-state index in [-0.39, 0.29) is 19.4 Å². The van der Waals surface area contributed by atoms with Gasteiger partial charge in [0, 0.05) is 12.8 Å². The first-order valence-corrected chi connectivity index (χ1v) is 30.2. The maximum Gasteiger partial charge on any atom is 0.306 e. The van der Waals surface area contributed by atoms with Crippen LogP contribution in [0, 0.1) is 0 Å². The molecule has 6 atom stereocenters. The third kappa shape index (κ3) is 39.3. The van der Waals surface area contributed by atoms with Crippen molar-refractivity contribution in [3.63, 3.8) is 0 Å². The molecule has 0 radical (unpaired) electrons. The molecule has 0 aromatic carbocycles. The van der Waals surface area contributed by atoms with Crippen LogP contribution >= 0.6 is 0 Å². The van der Waals surface area contributed by atoms with Crippen molar-refractivity contribution in [1.29, 1.82) is 0 Å². The number of unbranched alkanes of at least 4 members (excludes halogenated alkanes) is 38.